The lowest BCUT2D eigenvalue weighted by Crippen LogP contribution is -2.67. The van der Waals surface area contributed by atoms with E-state index in [9.17, 15) is 9.90 Å². The van der Waals surface area contributed by atoms with Crippen molar-refractivity contribution in [3.8, 4) is 22.3 Å². The Labute approximate surface area is 220 Å². The Morgan fingerprint density at radius 1 is 1.11 bits per heavy atom. The molecule has 1 amide bonds. The molecule has 2 fully saturated rings. The number of anilines is 1. The molecular formula is C27H30ClN7O2. The molecule has 0 radical (unpaired) electrons. The van der Waals surface area contributed by atoms with Crippen LogP contribution in [0.4, 0.5) is 10.6 Å². The van der Waals surface area contributed by atoms with Crippen molar-refractivity contribution in [3.63, 3.8) is 0 Å². The molecule has 0 spiro atoms. The summed E-state index contributed by atoms with van der Waals surface area (Å²) in [6, 6.07) is 6.34. The van der Waals surface area contributed by atoms with Crippen LogP contribution in [0.2, 0.25) is 5.02 Å². The molecule has 2 aliphatic heterocycles. The number of halogens is 1. The summed E-state index contributed by atoms with van der Waals surface area (Å²) in [5, 5.41) is 19.1. The van der Waals surface area contributed by atoms with E-state index in [1.807, 2.05) is 31.8 Å². The quantitative estimate of drug-likeness (QED) is 0.400. The van der Waals surface area contributed by atoms with Gasteiger partial charge in [0.05, 0.1) is 28.5 Å². The summed E-state index contributed by atoms with van der Waals surface area (Å²) in [6.45, 7) is 7.57. The third kappa shape index (κ3) is 3.67. The summed E-state index contributed by atoms with van der Waals surface area (Å²) in [6.07, 6.45) is 10.3. The minimum Gasteiger partial charge on any atom is -0.465 e. The van der Waals surface area contributed by atoms with Gasteiger partial charge in [-0.25, -0.2) is 14.3 Å². The Bertz CT molecular complexity index is 1500. The maximum atomic E-state index is 11.9. The first-order valence-corrected chi connectivity index (χ1v) is 12.8. The van der Waals surface area contributed by atoms with Crippen LogP contribution in [0.3, 0.4) is 0 Å². The van der Waals surface area contributed by atoms with Crippen LogP contribution >= 0.6 is 11.6 Å². The van der Waals surface area contributed by atoms with Gasteiger partial charge in [-0.15, -0.1) is 0 Å². The van der Waals surface area contributed by atoms with Gasteiger partial charge in [-0.1, -0.05) is 32.4 Å². The molecule has 6 rings (SSSR count). The molecule has 10 heteroatoms. The number of amides is 1. The second-order valence-electron chi connectivity index (χ2n) is 11.2. The van der Waals surface area contributed by atoms with E-state index in [-0.39, 0.29) is 17.0 Å². The predicted octanol–water partition coefficient (Wildman–Crippen LogP) is 5.20. The zero-order valence-electron chi connectivity index (χ0n) is 21.4. The first kappa shape index (κ1) is 23.8. The zero-order chi connectivity index (χ0) is 26.1. The first-order valence-electron chi connectivity index (χ1n) is 12.5. The molecule has 192 valence electrons. The minimum absolute atomic E-state index is 0.104. The molecule has 4 aromatic heterocycles. The normalized spacial score (nSPS) is 21.7. The summed E-state index contributed by atoms with van der Waals surface area (Å²) in [4.78, 5) is 20.8. The van der Waals surface area contributed by atoms with Gasteiger partial charge in [0, 0.05) is 67.0 Å². The number of aryl methyl sites for hydroxylation is 1. The van der Waals surface area contributed by atoms with E-state index in [2.05, 4.69) is 54.1 Å². The van der Waals surface area contributed by atoms with Crippen molar-refractivity contribution < 1.29 is 9.90 Å². The van der Waals surface area contributed by atoms with E-state index >= 15 is 0 Å². The van der Waals surface area contributed by atoms with Crippen LogP contribution in [0.1, 0.15) is 33.6 Å². The van der Waals surface area contributed by atoms with Gasteiger partial charge in [-0.05, 0) is 36.5 Å². The maximum Gasteiger partial charge on any atom is 0.407 e. The molecule has 0 aliphatic carbocycles. The lowest BCUT2D eigenvalue weighted by molar-refractivity contribution is 0.0789. The van der Waals surface area contributed by atoms with Crippen LogP contribution < -0.4 is 4.90 Å². The van der Waals surface area contributed by atoms with Crippen LogP contribution in [0, 0.1) is 5.41 Å². The van der Waals surface area contributed by atoms with Crippen LogP contribution in [-0.4, -0.2) is 65.1 Å². The number of rotatable bonds is 3. The second kappa shape index (κ2) is 8.21. The number of likely N-dealkylation sites (tertiary alicyclic amines) is 1. The molecule has 2 bridgehead atoms. The van der Waals surface area contributed by atoms with Crippen molar-refractivity contribution in [2.45, 2.75) is 45.2 Å². The third-order valence-corrected chi connectivity index (χ3v) is 8.46. The molecular weight excluding hydrogens is 490 g/mol. The number of pyridine rings is 2. The summed E-state index contributed by atoms with van der Waals surface area (Å²) in [5.41, 5.74) is 4.22. The number of piperazine rings is 1. The van der Waals surface area contributed by atoms with Crippen molar-refractivity contribution in [2.75, 3.05) is 18.0 Å². The van der Waals surface area contributed by atoms with Crippen LogP contribution in [0.25, 0.3) is 27.8 Å². The van der Waals surface area contributed by atoms with E-state index in [1.54, 1.807) is 20.3 Å². The topological polar surface area (TPSA) is 91.8 Å². The van der Waals surface area contributed by atoms with Gasteiger partial charge in [0.15, 0.2) is 0 Å². The lowest BCUT2D eigenvalue weighted by atomic mass is 9.71. The predicted molar refractivity (Wildman–Crippen MR) is 143 cm³/mol. The number of hydrogen-bond donors (Lipinski definition) is 1. The highest BCUT2D eigenvalue weighted by Crippen LogP contribution is 2.51. The number of fused-ring (bicyclic) bond motifs is 3. The highest BCUT2D eigenvalue weighted by molar-refractivity contribution is 6.34. The minimum atomic E-state index is -0.848. The summed E-state index contributed by atoms with van der Waals surface area (Å²) >= 11 is 6.56. The van der Waals surface area contributed by atoms with Gasteiger partial charge < -0.3 is 14.9 Å². The van der Waals surface area contributed by atoms with Crippen LogP contribution in [0.15, 0.2) is 49.2 Å². The molecule has 0 aromatic carbocycles. The maximum absolute atomic E-state index is 11.9. The first-order chi connectivity index (χ1) is 17.6. The number of carbonyl (C=O) groups is 1. The van der Waals surface area contributed by atoms with E-state index in [0.717, 1.165) is 46.4 Å². The lowest BCUT2D eigenvalue weighted by Gasteiger charge is -2.55. The van der Waals surface area contributed by atoms with E-state index in [4.69, 9.17) is 16.6 Å². The highest BCUT2D eigenvalue weighted by Gasteiger charge is 2.58. The Morgan fingerprint density at radius 2 is 1.92 bits per heavy atom. The fourth-order valence-electron chi connectivity index (χ4n) is 6.21. The van der Waals surface area contributed by atoms with E-state index < -0.39 is 6.09 Å². The molecule has 4 aromatic rings. The molecule has 2 aliphatic rings. The largest absolute Gasteiger partial charge is 0.465 e. The second-order valence-corrected chi connectivity index (χ2v) is 11.7. The van der Waals surface area contributed by atoms with Crippen LogP contribution in [0.5, 0.6) is 0 Å². The van der Waals surface area contributed by atoms with Crippen molar-refractivity contribution in [2.24, 2.45) is 12.5 Å². The fourth-order valence-corrected chi connectivity index (χ4v) is 6.45. The average Bonchev–Trinajstić information content (AvgIpc) is 3.52. The molecule has 37 heavy (non-hydrogen) atoms. The molecule has 2 saturated heterocycles. The standard InChI is InChI=1S/C27H30ClN7O2/c1-26(2,3)27-8-7-20(15-33(16-27)25(36)37)35(27)23-6-5-17(10-29-23)21-9-18(19-11-30-32(4)13-19)14-34-24(21)22(28)12-31-34/h5-6,9-14,20H,7-8,15-16H2,1-4H3,(H,36,37). The number of aromatic nitrogens is 5. The zero-order valence-corrected chi connectivity index (χ0v) is 22.1. The van der Waals surface area contributed by atoms with E-state index in [0.29, 0.717) is 18.1 Å². The third-order valence-electron chi connectivity index (χ3n) is 8.18. The summed E-state index contributed by atoms with van der Waals surface area (Å²) in [5.74, 6) is 0.880. The Morgan fingerprint density at radius 3 is 2.57 bits per heavy atom. The Kier molecular flexibility index (Phi) is 5.28. The highest BCUT2D eigenvalue weighted by atomic mass is 35.5. The fraction of sp³-hybridized carbons (Fsp3) is 0.407. The van der Waals surface area contributed by atoms with Crippen LogP contribution in [-0.2, 0) is 7.05 Å². The number of nitrogens with zero attached hydrogens (tertiary/aromatic N) is 7. The molecule has 6 heterocycles. The number of carboxylic acid groups (broad SMARTS) is 1. The van der Waals surface area contributed by atoms with Gasteiger partial charge in [0.1, 0.15) is 5.82 Å². The number of hydrogen-bond acceptors (Lipinski definition) is 5. The Hall–Kier alpha value is -3.59. The molecule has 2 atom stereocenters. The monoisotopic (exact) mass is 519 g/mol. The molecule has 2 unspecified atom stereocenters. The summed E-state index contributed by atoms with van der Waals surface area (Å²) in [7, 11) is 1.89. The van der Waals surface area contributed by atoms with Crippen molar-refractivity contribution in [1.29, 1.82) is 0 Å². The van der Waals surface area contributed by atoms with Gasteiger partial charge in [-0.2, -0.15) is 10.2 Å². The van der Waals surface area contributed by atoms with Crippen molar-refractivity contribution >= 4 is 29.0 Å². The van der Waals surface area contributed by atoms with Gasteiger partial charge in [0.25, 0.3) is 0 Å². The molecule has 1 N–H and O–H groups in total. The molecule has 0 saturated carbocycles. The SMILES string of the molecule is Cn1cc(-c2cc(-c3ccc(N4C5CCC4(C(C)(C)C)CN(C(=O)O)C5)nc3)c3c(Cl)cnn3c2)cn1. The Balaban J connectivity index is 1.42. The van der Waals surface area contributed by atoms with Crippen molar-refractivity contribution in [1.82, 2.24) is 29.3 Å². The average molecular weight is 520 g/mol. The van der Waals surface area contributed by atoms with Gasteiger partial charge in [-0.3, -0.25) is 4.68 Å². The summed E-state index contributed by atoms with van der Waals surface area (Å²) < 4.78 is 3.57. The molecule has 9 nitrogen and oxygen atoms in total. The van der Waals surface area contributed by atoms with Gasteiger partial charge >= 0.3 is 6.09 Å². The van der Waals surface area contributed by atoms with Gasteiger partial charge in [0.2, 0.25) is 0 Å². The van der Waals surface area contributed by atoms with E-state index in [1.165, 1.54) is 0 Å². The van der Waals surface area contributed by atoms with Crippen molar-refractivity contribution in [3.05, 3.63) is 54.2 Å². The smallest absolute Gasteiger partial charge is 0.407 e.